The fraction of sp³-hybridized carbons (Fsp3) is 0. The van der Waals surface area contributed by atoms with E-state index in [2.05, 4.69) is 194 Å². The molecule has 0 saturated heterocycles. The molecular formula is C53H35N3. The Morgan fingerprint density at radius 3 is 1.27 bits per heavy atom. The zero-order valence-electron chi connectivity index (χ0n) is 30.5. The van der Waals surface area contributed by atoms with Crippen LogP contribution < -0.4 is 0 Å². The van der Waals surface area contributed by atoms with Crippen molar-refractivity contribution in [1.82, 2.24) is 15.0 Å². The van der Waals surface area contributed by atoms with E-state index in [4.69, 9.17) is 15.0 Å². The Kier molecular flexibility index (Phi) is 8.51. The van der Waals surface area contributed by atoms with Crippen molar-refractivity contribution in [2.45, 2.75) is 0 Å². The van der Waals surface area contributed by atoms with Gasteiger partial charge < -0.3 is 0 Å². The van der Waals surface area contributed by atoms with E-state index >= 15 is 0 Å². The Labute approximate surface area is 326 Å². The van der Waals surface area contributed by atoms with E-state index < -0.39 is 0 Å². The van der Waals surface area contributed by atoms with E-state index in [0.29, 0.717) is 5.82 Å². The molecule has 262 valence electrons. The van der Waals surface area contributed by atoms with Gasteiger partial charge in [-0.15, -0.1) is 0 Å². The highest BCUT2D eigenvalue weighted by molar-refractivity contribution is 6.14. The second-order valence-corrected chi connectivity index (χ2v) is 14.0. The highest BCUT2D eigenvalue weighted by atomic mass is 14.9. The van der Waals surface area contributed by atoms with Crippen LogP contribution in [0.1, 0.15) is 0 Å². The molecule has 2 heterocycles. The van der Waals surface area contributed by atoms with Crippen molar-refractivity contribution in [2.75, 3.05) is 0 Å². The first-order valence-corrected chi connectivity index (χ1v) is 18.9. The first-order valence-electron chi connectivity index (χ1n) is 18.9. The summed E-state index contributed by atoms with van der Waals surface area (Å²) in [5.41, 5.74) is 14.7. The van der Waals surface area contributed by atoms with Gasteiger partial charge in [-0.05, 0) is 68.4 Å². The molecule has 56 heavy (non-hydrogen) atoms. The summed E-state index contributed by atoms with van der Waals surface area (Å²) in [6, 6.07) is 74.5. The first-order chi connectivity index (χ1) is 27.7. The molecule has 2 aromatic heterocycles. The molecule has 0 aliphatic carbocycles. The fourth-order valence-corrected chi connectivity index (χ4v) is 7.60. The van der Waals surface area contributed by atoms with E-state index in [1.165, 1.54) is 16.7 Å². The molecule has 0 amide bonds. The molecule has 0 fully saturated rings. The number of benzene rings is 8. The monoisotopic (exact) mass is 713 g/mol. The van der Waals surface area contributed by atoms with Gasteiger partial charge in [0.2, 0.25) is 0 Å². The van der Waals surface area contributed by atoms with Gasteiger partial charge in [0.1, 0.15) is 0 Å². The van der Waals surface area contributed by atoms with Gasteiger partial charge in [0.05, 0.1) is 22.6 Å². The molecule has 0 aliphatic rings. The molecule has 0 saturated carbocycles. The predicted octanol–water partition coefficient (Wildman–Crippen LogP) is 13.8. The van der Waals surface area contributed by atoms with Crippen molar-refractivity contribution in [3.63, 3.8) is 0 Å². The molecule has 0 aliphatic heterocycles. The lowest BCUT2D eigenvalue weighted by Gasteiger charge is -2.14. The number of fused-ring (bicyclic) bond motifs is 3. The molecule has 0 bridgehead atoms. The molecule has 3 nitrogen and oxygen atoms in total. The van der Waals surface area contributed by atoms with Gasteiger partial charge in [0.15, 0.2) is 5.82 Å². The Bertz CT molecular complexity index is 2860. The Hall–Kier alpha value is -7.49. The van der Waals surface area contributed by atoms with Crippen molar-refractivity contribution in [2.24, 2.45) is 0 Å². The van der Waals surface area contributed by atoms with Crippen LogP contribution in [0.15, 0.2) is 212 Å². The van der Waals surface area contributed by atoms with E-state index in [0.717, 1.165) is 77.7 Å². The lowest BCUT2D eigenvalue weighted by Crippen LogP contribution is -1.96. The Morgan fingerprint density at radius 1 is 0.268 bits per heavy atom. The minimum absolute atomic E-state index is 0.682. The Balaban J connectivity index is 1.14. The number of nitrogens with zero attached hydrogens (tertiary/aromatic N) is 3. The number of hydrogen-bond donors (Lipinski definition) is 0. The minimum atomic E-state index is 0.682. The molecule has 3 heteroatoms. The highest BCUT2D eigenvalue weighted by Crippen LogP contribution is 2.39. The van der Waals surface area contributed by atoms with Crippen LogP contribution in [-0.4, -0.2) is 15.0 Å². The fourth-order valence-electron chi connectivity index (χ4n) is 7.60. The summed E-state index contributed by atoms with van der Waals surface area (Å²) in [5, 5.41) is 3.40. The molecule has 10 aromatic rings. The normalized spacial score (nSPS) is 11.2. The summed E-state index contributed by atoms with van der Waals surface area (Å²) < 4.78 is 0. The van der Waals surface area contributed by atoms with Gasteiger partial charge >= 0.3 is 0 Å². The van der Waals surface area contributed by atoms with Crippen molar-refractivity contribution in [3.05, 3.63) is 212 Å². The maximum atomic E-state index is 5.26. The summed E-state index contributed by atoms with van der Waals surface area (Å²) in [6.45, 7) is 0. The average Bonchev–Trinajstić information content (AvgIpc) is 3.29. The summed E-state index contributed by atoms with van der Waals surface area (Å²) in [6.07, 6.45) is 0. The van der Waals surface area contributed by atoms with E-state index in [1.807, 2.05) is 18.2 Å². The van der Waals surface area contributed by atoms with Crippen molar-refractivity contribution in [3.8, 4) is 78.5 Å². The lowest BCUT2D eigenvalue weighted by molar-refractivity contribution is 1.18. The maximum Gasteiger partial charge on any atom is 0.160 e. The summed E-state index contributed by atoms with van der Waals surface area (Å²) >= 11 is 0. The lowest BCUT2D eigenvalue weighted by atomic mass is 9.93. The molecule has 0 N–H and O–H groups in total. The maximum absolute atomic E-state index is 5.26. The van der Waals surface area contributed by atoms with E-state index in [9.17, 15) is 0 Å². The molecule has 0 radical (unpaired) electrons. The molecule has 8 aromatic carbocycles. The second kappa shape index (κ2) is 14.4. The summed E-state index contributed by atoms with van der Waals surface area (Å²) in [5.74, 6) is 0.682. The van der Waals surface area contributed by atoms with Crippen LogP contribution in [0.5, 0.6) is 0 Å². The minimum Gasteiger partial charge on any atom is -0.248 e. The predicted molar refractivity (Wildman–Crippen MR) is 233 cm³/mol. The number of rotatable bonds is 7. The molecule has 10 rings (SSSR count). The second-order valence-electron chi connectivity index (χ2n) is 14.0. The van der Waals surface area contributed by atoms with Gasteiger partial charge in [-0.1, -0.05) is 188 Å². The number of hydrogen-bond acceptors (Lipinski definition) is 3. The molecule has 0 spiro atoms. The van der Waals surface area contributed by atoms with Gasteiger partial charge in [-0.25, -0.2) is 15.0 Å². The van der Waals surface area contributed by atoms with Crippen LogP contribution in [0.25, 0.3) is 100 Å². The van der Waals surface area contributed by atoms with Gasteiger partial charge in [0, 0.05) is 27.6 Å². The molecular weight excluding hydrogens is 679 g/mol. The largest absolute Gasteiger partial charge is 0.248 e. The first kappa shape index (κ1) is 33.1. The van der Waals surface area contributed by atoms with Gasteiger partial charge in [0.25, 0.3) is 0 Å². The van der Waals surface area contributed by atoms with Crippen molar-refractivity contribution in [1.29, 1.82) is 0 Å². The third kappa shape index (κ3) is 6.42. The summed E-state index contributed by atoms with van der Waals surface area (Å²) in [7, 11) is 0. The zero-order chi connectivity index (χ0) is 37.3. The molecule has 0 unspecified atom stereocenters. The topological polar surface area (TPSA) is 38.7 Å². The smallest absolute Gasteiger partial charge is 0.160 e. The SMILES string of the molecule is c1ccc(-c2ccc(-c3cc(-c4ccc5ccc6nc(-c7ccccc7)cc(-c7ccccc7)c6c5c4)nc(-c4ccc(-c5ccccc5)cc4)n3)cc2)cc1. The van der Waals surface area contributed by atoms with E-state index in [1.54, 1.807) is 0 Å². The Morgan fingerprint density at radius 2 is 0.679 bits per heavy atom. The van der Waals surface area contributed by atoms with Crippen LogP contribution in [0, 0.1) is 0 Å². The van der Waals surface area contributed by atoms with E-state index in [-0.39, 0.29) is 0 Å². The summed E-state index contributed by atoms with van der Waals surface area (Å²) in [4.78, 5) is 15.7. The number of pyridine rings is 1. The van der Waals surface area contributed by atoms with Crippen LogP contribution in [0.2, 0.25) is 0 Å². The van der Waals surface area contributed by atoms with Crippen molar-refractivity contribution < 1.29 is 0 Å². The zero-order valence-corrected chi connectivity index (χ0v) is 30.5. The van der Waals surface area contributed by atoms with Crippen molar-refractivity contribution >= 4 is 21.7 Å². The van der Waals surface area contributed by atoms with Crippen LogP contribution in [0.3, 0.4) is 0 Å². The molecule has 0 atom stereocenters. The van der Waals surface area contributed by atoms with Crippen LogP contribution in [-0.2, 0) is 0 Å². The standard InChI is InChI=1S/C53H35N3/c1-5-13-36(14-6-1)38-21-26-43(27-22-38)50-35-51(56-53(55-50)44-28-23-39(24-29-44)37-15-7-2-8-16-37)45-30-25-41-31-32-48-52(46(41)33-45)47(40-17-9-3-10-18-40)34-49(54-48)42-19-11-4-12-20-42/h1-35H. The quantitative estimate of drug-likeness (QED) is 0.154. The van der Waals surface area contributed by atoms with Crippen LogP contribution in [0.4, 0.5) is 0 Å². The highest BCUT2D eigenvalue weighted by Gasteiger charge is 2.16. The number of aromatic nitrogens is 3. The van der Waals surface area contributed by atoms with Crippen LogP contribution >= 0.6 is 0 Å². The third-order valence-electron chi connectivity index (χ3n) is 10.5. The third-order valence-corrected chi connectivity index (χ3v) is 10.5. The van der Waals surface area contributed by atoms with Gasteiger partial charge in [-0.3, -0.25) is 0 Å². The van der Waals surface area contributed by atoms with Gasteiger partial charge in [-0.2, -0.15) is 0 Å². The average molecular weight is 714 g/mol.